The lowest BCUT2D eigenvalue weighted by Crippen LogP contribution is -2.26. The molecule has 2 nitrogen and oxygen atoms in total. The third kappa shape index (κ3) is 6.95. The van der Waals surface area contributed by atoms with Crippen molar-refractivity contribution in [2.45, 2.75) is 65.3 Å². The fourth-order valence-corrected chi connectivity index (χ4v) is 2.18. The molecule has 1 aromatic carbocycles. The van der Waals surface area contributed by atoms with Crippen molar-refractivity contribution in [3.05, 3.63) is 29.8 Å². The third-order valence-corrected chi connectivity index (χ3v) is 3.59. The Morgan fingerprint density at radius 1 is 1.05 bits per heavy atom. The van der Waals surface area contributed by atoms with Crippen molar-refractivity contribution in [3.8, 4) is 5.75 Å². The van der Waals surface area contributed by atoms with Crippen LogP contribution in [0.1, 0.15) is 64.9 Å². The van der Waals surface area contributed by atoms with Crippen LogP contribution in [0, 0.1) is 0 Å². The van der Waals surface area contributed by atoms with Gasteiger partial charge in [-0.15, -0.1) is 0 Å². The van der Waals surface area contributed by atoms with E-state index in [-0.39, 0.29) is 0 Å². The number of rotatable bonds is 10. The van der Waals surface area contributed by atoms with E-state index in [1.165, 1.54) is 24.8 Å². The van der Waals surface area contributed by atoms with Gasteiger partial charge in [0.1, 0.15) is 5.75 Å². The van der Waals surface area contributed by atoms with Crippen LogP contribution in [0.4, 0.5) is 0 Å². The number of hydrogen-bond donors (Lipinski definition) is 1. The molecule has 1 aromatic rings. The smallest absolute Gasteiger partial charge is 0.119 e. The average molecular weight is 277 g/mol. The lowest BCUT2D eigenvalue weighted by Gasteiger charge is -2.13. The van der Waals surface area contributed by atoms with Gasteiger partial charge in [-0.25, -0.2) is 0 Å². The summed E-state index contributed by atoms with van der Waals surface area (Å²) in [5, 5.41) is 3.52. The van der Waals surface area contributed by atoms with Crippen molar-refractivity contribution in [3.63, 3.8) is 0 Å². The van der Waals surface area contributed by atoms with Gasteiger partial charge in [0.05, 0.1) is 6.61 Å². The van der Waals surface area contributed by atoms with Crippen LogP contribution in [-0.2, 0) is 0 Å². The van der Waals surface area contributed by atoms with Crippen LogP contribution in [-0.4, -0.2) is 19.2 Å². The molecular formula is C18H31NO. The Hall–Kier alpha value is -1.02. The summed E-state index contributed by atoms with van der Waals surface area (Å²) in [5.41, 5.74) is 1.37. The highest BCUT2D eigenvalue weighted by Gasteiger charge is 2.01. The van der Waals surface area contributed by atoms with Crippen molar-refractivity contribution >= 4 is 0 Å². The van der Waals surface area contributed by atoms with E-state index in [1.807, 2.05) is 0 Å². The summed E-state index contributed by atoms with van der Waals surface area (Å²) in [6, 6.07) is 9.12. The molecule has 1 unspecified atom stereocenters. The second-order valence-electron chi connectivity index (χ2n) is 5.92. The topological polar surface area (TPSA) is 21.3 Å². The van der Waals surface area contributed by atoms with Gasteiger partial charge in [-0.05, 0) is 62.8 Å². The van der Waals surface area contributed by atoms with E-state index in [2.05, 4.69) is 57.3 Å². The van der Waals surface area contributed by atoms with Gasteiger partial charge in [-0.1, -0.05) is 32.9 Å². The quantitative estimate of drug-likeness (QED) is 0.623. The molecule has 0 aliphatic heterocycles. The summed E-state index contributed by atoms with van der Waals surface area (Å²) in [6.45, 7) is 10.8. The minimum atomic E-state index is 0.584. The largest absolute Gasteiger partial charge is 0.494 e. The number of hydrogen-bond acceptors (Lipinski definition) is 2. The van der Waals surface area contributed by atoms with Crippen LogP contribution in [0.25, 0.3) is 0 Å². The van der Waals surface area contributed by atoms with Crippen LogP contribution in [0.2, 0.25) is 0 Å². The second-order valence-corrected chi connectivity index (χ2v) is 5.92. The van der Waals surface area contributed by atoms with E-state index < -0.39 is 0 Å². The molecule has 0 fully saturated rings. The number of benzene rings is 1. The highest BCUT2D eigenvalue weighted by molar-refractivity contribution is 5.28. The lowest BCUT2D eigenvalue weighted by molar-refractivity contribution is 0.301. The lowest BCUT2D eigenvalue weighted by atomic mass is 10.0. The van der Waals surface area contributed by atoms with Gasteiger partial charge in [0.2, 0.25) is 0 Å². The standard InChI is InChI=1S/C18H31NO/c1-5-13-19-16(4)8-6-7-14-20-18-11-9-17(10-12-18)15(2)3/h9-12,15-16,19H,5-8,13-14H2,1-4H3. The van der Waals surface area contributed by atoms with E-state index in [0.717, 1.165) is 25.3 Å². The Kier molecular flexibility index (Phi) is 8.36. The van der Waals surface area contributed by atoms with Gasteiger partial charge >= 0.3 is 0 Å². The van der Waals surface area contributed by atoms with Gasteiger partial charge < -0.3 is 10.1 Å². The first-order chi connectivity index (χ1) is 9.63. The van der Waals surface area contributed by atoms with E-state index in [1.54, 1.807) is 0 Å². The van der Waals surface area contributed by atoms with Crippen LogP contribution in [0.3, 0.4) is 0 Å². The van der Waals surface area contributed by atoms with Gasteiger partial charge in [-0.3, -0.25) is 0 Å². The minimum Gasteiger partial charge on any atom is -0.494 e. The molecule has 0 aliphatic rings. The highest BCUT2D eigenvalue weighted by atomic mass is 16.5. The molecule has 1 atom stereocenters. The van der Waals surface area contributed by atoms with E-state index in [4.69, 9.17) is 4.74 Å². The molecule has 0 saturated carbocycles. The fraction of sp³-hybridized carbons (Fsp3) is 0.667. The van der Waals surface area contributed by atoms with Gasteiger partial charge in [-0.2, -0.15) is 0 Å². The Balaban J connectivity index is 2.12. The van der Waals surface area contributed by atoms with Crippen LogP contribution < -0.4 is 10.1 Å². The SMILES string of the molecule is CCCNC(C)CCCCOc1ccc(C(C)C)cc1. The molecule has 2 heteroatoms. The molecule has 0 aliphatic carbocycles. The fourth-order valence-electron chi connectivity index (χ4n) is 2.18. The molecule has 0 saturated heterocycles. The van der Waals surface area contributed by atoms with Crippen molar-refractivity contribution in [2.75, 3.05) is 13.2 Å². The zero-order valence-electron chi connectivity index (χ0n) is 13.6. The normalized spacial score (nSPS) is 12.7. The monoisotopic (exact) mass is 277 g/mol. The van der Waals surface area contributed by atoms with Crippen molar-refractivity contribution < 1.29 is 4.74 Å². The molecule has 0 aromatic heterocycles. The summed E-state index contributed by atoms with van der Waals surface area (Å²) in [7, 11) is 0. The third-order valence-electron chi connectivity index (χ3n) is 3.59. The van der Waals surface area contributed by atoms with E-state index in [9.17, 15) is 0 Å². The zero-order chi connectivity index (χ0) is 14.8. The Labute approximate surface area is 124 Å². The second kappa shape index (κ2) is 9.82. The molecule has 1 rings (SSSR count). The molecule has 1 N–H and O–H groups in total. The average Bonchev–Trinajstić information content (AvgIpc) is 2.45. The molecule has 114 valence electrons. The van der Waals surface area contributed by atoms with Crippen LogP contribution in [0.5, 0.6) is 5.75 Å². The summed E-state index contributed by atoms with van der Waals surface area (Å²) < 4.78 is 5.78. The number of unbranched alkanes of at least 4 members (excludes halogenated alkanes) is 1. The van der Waals surface area contributed by atoms with Gasteiger partial charge in [0.25, 0.3) is 0 Å². The number of nitrogens with one attached hydrogen (secondary N) is 1. The molecule has 20 heavy (non-hydrogen) atoms. The minimum absolute atomic E-state index is 0.584. The zero-order valence-corrected chi connectivity index (χ0v) is 13.6. The Morgan fingerprint density at radius 2 is 1.75 bits per heavy atom. The first-order valence-corrected chi connectivity index (χ1v) is 8.09. The van der Waals surface area contributed by atoms with Gasteiger partial charge in [0.15, 0.2) is 0 Å². The van der Waals surface area contributed by atoms with Crippen molar-refractivity contribution in [2.24, 2.45) is 0 Å². The maximum atomic E-state index is 5.78. The summed E-state index contributed by atoms with van der Waals surface area (Å²) in [6.07, 6.45) is 4.79. The van der Waals surface area contributed by atoms with Crippen molar-refractivity contribution in [1.29, 1.82) is 0 Å². The molecule has 0 amide bonds. The highest BCUT2D eigenvalue weighted by Crippen LogP contribution is 2.18. The first-order valence-electron chi connectivity index (χ1n) is 8.09. The number of ether oxygens (including phenoxy) is 1. The molecule has 0 radical (unpaired) electrons. The maximum absolute atomic E-state index is 5.78. The van der Waals surface area contributed by atoms with E-state index >= 15 is 0 Å². The molecule has 0 heterocycles. The van der Waals surface area contributed by atoms with Crippen LogP contribution in [0.15, 0.2) is 24.3 Å². The maximum Gasteiger partial charge on any atom is 0.119 e. The Bertz CT molecular complexity index is 345. The summed E-state index contributed by atoms with van der Waals surface area (Å²) in [4.78, 5) is 0. The van der Waals surface area contributed by atoms with Gasteiger partial charge in [0, 0.05) is 6.04 Å². The predicted octanol–water partition coefficient (Wildman–Crippen LogP) is 4.75. The summed E-state index contributed by atoms with van der Waals surface area (Å²) >= 11 is 0. The summed E-state index contributed by atoms with van der Waals surface area (Å²) in [5.74, 6) is 1.58. The molecular weight excluding hydrogens is 246 g/mol. The van der Waals surface area contributed by atoms with Crippen molar-refractivity contribution in [1.82, 2.24) is 5.32 Å². The van der Waals surface area contributed by atoms with Crippen LogP contribution >= 0.6 is 0 Å². The van der Waals surface area contributed by atoms with E-state index in [0.29, 0.717) is 12.0 Å². The molecule has 0 spiro atoms. The first kappa shape index (κ1) is 17.0. The predicted molar refractivity (Wildman–Crippen MR) is 87.6 cm³/mol. The Morgan fingerprint density at radius 3 is 2.35 bits per heavy atom. The molecule has 0 bridgehead atoms.